The zero-order valence-corrected chi connectivity index (χ0v) is 88.1. The first kappa shape index (κ1) is 110. The molecule has 0 spiro atoms. The van der Waals surface area contributed by atoms with Gasteiger partial charge in [-0.05, 0) is 124 Å². The normalized spacial score (nSPS) is 29.7. The third-order valence-corrected chi connectivity index (χ3v) is 35.1. The molecule has 28 atom stereocenters. The number of aromatic amines is 4. The smallest absolute Gasteiger partial charge is 0.351 e. The first-order valence-electron chi connectivity index (χ1n) is 43.4. The van der Waals surface area contributed by atoms with E-state index >= 15 is 0 Å². The summed E-state index contributed by atoms with van der Waals surface area (Å²) in [6.07, 6.45) is -17.0. The van der Waals surface area contributed by atoms with Crippen molar-refractivity contribution in [2.45, 2.75) is 222 Å². The molecule has 0 bridgehead atoms. The topological polar surface area (TPSA) is 755 Å². The number of nitrogens with zero attached hydrogens (tertiary/aromatic N) is 14. The lowest BCUT2D eigenvalue weighted by molar-refractivity contribution is -0.0581. The summed E-state index contributed by atoms with van der Waals surface area (Å²) in [7, 11) is 1.10. The number of fused-ring (bicyclic) bond motifs is 2. The van der Waals surface area contributed by atoms with Crippen LogP contribution in [0.15, 0.2) is 99.4 Å². The fraction of sp³-hybridized carbons (Fsp3) is 0.583. The number of H-pyrrole nitrogens is 4. The van der Waals surface area contributed by atoms with Crippen LogP contribution >= 0.6 is 47.0 Å². The average molecular weight is 2290 g/mol. The minimum atomic E-state index is -4.80. The fourth-order valence-electron chi connectivity index (χ4n) is 16.7. The maximum Gasteiger partial charge on any atom is 0.351 e. The van der Waals surface area contributed by atoms with Crippen LogP contribution in [0, 0.1) is 34.6 Å². The number of anilines is 3. The number of nitrogens with one attached hydrogen (secondary N) is 4. The molecule has 0 amide bonds. The number of nitrogens with two attached hydrogens (primary N) is 3. The average Bonchev–Trinajstić information content (AvgIpc) is 1.63. The van der Waals surface area contributed by atoms with Crippen LogP contribution in [0.5, 0.6) is 0 Å². The van der Waals surface area contributed by atoms with E-state index in [2.05, 4.69) is 54.8 Å². The van der Waals surface area contributed by atoms with Crippen LogP contribution in [-0.2, 0) is 179 Å². The van der Waals surface area contributed by atoms with Gasteiger partial charge in [-0.15, -0.1) is 0 Å². The van der Waals surface area contributed by atoms with Crippen molar-refractivity contribution >= 4 is 169 Å². The molecule has 7 fully saturated rings. The van der Waals surface area contributed by atoms with Gasteiger partial charge in [0.2, 0.25) is 0 Å². The fourth-order valence-corrected chi connectivity index (χ4v) is 26.5. The molecule has 16 heterocycles. The van der Waals surface area contributed by atoms with Crippen molar-refractivity contribution in [1.29, 1.82) is 0 Å². The molecule has 7 saturated heterocycles. The Morgan fingerprint density at radius 3 is 0.819 bits per heavy atom. The van der Waals surface area contributed by atoms with Gasteiger partial charge in [-0.2, -0.15) is 4.98 Å². The number of rotatable bonds is 41. The molecule has 144 heavy (non-hydrogen) atoms. The molecule has 788 valence electrons. The highest BCUT2D eigenvalue weighted by atomic mass is 32.5. The lowest BCUT2D eigenvalue weighted by Gasteiger charge is -2.29. The van der Waals surface area contributed by atoms with E-state index in [1.165, 1.54) is 76.2 Å². The molecular weight excluding hydrogens is 2190 g/mol. The van der Waals surface area contributed by atoms with Crippen LogP contribution < -0.4 is 67.9 Å². The largest absolute Gasteiger partial charge is 0.383 e. The van der Waals surface area contributed by atoms with Gasteiger partial charge in [0.1, 0.15) is 110 Å². The van der Waals surface area contributed by atoms with Crippen LogP contribution in [0.25, 0.3) is 22.3 Å². The van der Waals surface area contributed by atoms with E-state index in [0.29, 0.717) is 23.1 Å². The molecule has 17 N–H and O–H groups in total. The molecule has 58 nitrogen and oxygen atoms in total. The van der Waals surface area contributed by atoms with Gasteiger partial charge in [0, 0.05) is 111 Å². The lowest BCUT2D eigenvalue weighted by Crippen LogP contribution is -2.33. The number of imidazole rings is 2. The molecule has 0 aromatic carbocycles. The minimum Gasteiger partial charge on any atom is -0.383 e. The van der Waals surface area contributed by atoms with Gasteiger partial charge in [-0.25, -0.2) is 53.9 Å². The summed E-state index contributed by atoms with van der Waals surface area (Å²) in [6, 6.07) is 0. The first-order valence-corrected chi connectivity index (χ1v) is 61.5. The number of aromatic nitrogens is 18. The number of aryl methyl sites for hydroxylation is 5. The molecule has 72 heteroatoms. The van der Waals surface area contributed by atoms with Gasteiger partial charge in [-0.1, -0.05) is 6.92 Å². The van der Waals surface area contributed by atoms with Crippen LogP contribution in [0.3, 0.4) is 0 Å². The summed E-state index contributed by atoms with van der Waals surface area (Å²) >= 11 is 38.8. The van der Waals surface area contributed by atoms with Crippen molar-refractivity contribution in [3.05, 3.63) is 178 Å². The van der Waals surface area contributed by atoms with Crippen molar-refractivity contribution in [3.63, 3.8) is 0 Å². The quantitative estimate of drug-likeness (QED) is 0.0236. The van der Waals surface area contributed by atoms with Gasteiger partial charge in [0.05, 0.1) is 101 Å². The molecular formula is C72H96N21O37P7S7. The summed E-state index contributed by atoms with van der Waals surface area (Å²) in [5.41, 5.74) is 12.1. The summed E-state index contributed by atoms with van der Waals surface area (Å²) in [4.78, 5) is 239. The Morgan fingerprint density at radius 2 is 0.562 bits per heavy atom. The van der Waals surface area contributed by atoms with Crippen LogP contribution in [0.1, 0.15) is 130 Å². The number of hydrogen-bond acceptors (Lipinski definition) is 47. The number of nitrogen functional groups attached to an aromatic ring is 3. The SMILES string of the molecule is CC[C@H]1O[C@@H](n2cnc3c(N)ncnc32)CC1OP(O)(=S)OC[C@H]1O[C@@H](n2cnc3c(N)ncnc32)CC1OP(O)(=S)OC[C@H]1O[C@@H](n2cc(C)c(=O)[nH]c2=O)CC1OP(O)(=S)OC[C@H]1O[C@@H](n2cc(C)c(=O)[nH]c2=O)CC1OP(O)(=S)OC[C@H]1O[C@@H](n2cc(C)c(=O)[nH]c2=O)CC1OP(O)(=S)OC[C@H]1O[C@@H](n2cc(C)c(=O)[nH]c2=O)CC1OP(O)(=S)OC[C@H]1O[C@@H](n2cc(C)c(N)nc2=O)CC1OP(O)(=S)OC. The van der Waals surface area contributed by atoms with Gasteiger partial charge in [0.25, 0.3) is 22.2 Å². The second-order valence-electron chi connectivity index (χ2n) is 33.8. The van der Waals surface area contributed by atoms with Gasteiger partial charge in [0.15, 0.2) is 22.9 Å². The summed E-state index contributed by atoms with van der Waals surface area (Å²) in [5.74, 6) is 0.129. The Labute approximate surface area is 845 Å². The molecule has 0 saturated carbocycles. The van der Waals surface area contributed by atoms with E-state index in [4.69, 9.17) is 196 Å². The van der Waals surface area contributed by atoms with E-state index in [0.717, 1.165) is 42.3 Å². The summed E-state index contributed by atoms with van der Waals surface area (Å²) < 4.78 is 136. The maximum absolute atomic E-state index is 13.6. The van der Waals surface area contributed by atoms with Gasteiger partial charge < -0.3 is 148 Å². The van der Waals surface area contributed by atoms with Crippen molar-refractivity contribution in [2.24, 2.45) is 0 Å². The van der Waals surface area contributed by atoms with E-state index in [-0.39, 0.29) is 76.6 Å². The highest BCUT2D eigenvalue weighted by Crippen LogP contribution is 2.59. The first-order chi connectivity index (χ1) is 67.8. The van der Waals surface area contributed by atoms with E-state index in [1.807, 2.05) is 6.92 Å². The zero-order valence-electron chi connectivity index (χ0n) is 76.1. The number of hydrogen-bond donors (Lipinski definition) is 14. The summed E-state index contributed by atoms with van der Waals surface area (Å²) in [6.45, 7) is -27.3. The molecule has 0 aliphatic carbocycles. The van der Waals surface area contributed by atoms with E-state index < -0.39 is 286 Å². The Balaban J connectivity index is 0.603. The van der Waals surface area contributed by atoms with Crippen LogP contribution in [0.4, 0.5) is 17.5 Å². The molecule has 16 rings (SSSR count). The monoisotopic (exact) mass is 2290 g/mol. The molecule has 7 aliphatic rings. The van der Waals surface area contributed by atoms with Crippen molar-refractivity contribution in [1.82, 2.24) is 86.8 Å². The van der Waals surface area contributed by atoms with Crippen LogP contribution in [-0.4, -0.2) is 253 Å². The van der Waals surface area contributed by atoms with Gasteiger partial charge in [-0.3, -0.25) is 71.1 Å². The predicted octanol–water partition coefficient (Wildman–Crippen LogP) is 0.795. The standard InChI is InChI=1S/C72H96N21O37P7S7/c1-8-36-37(9-55(117-36)92-29-80-57-60(74)76-27-78-62(57)92)125-132(104,139)111-26-49-43(15-56(123-49)93-30-81-58-61(75)77-28-79-63(58)93)130-137(109,144)116-25-48-42(14-54(122-48)91-20-35(6)67(97)86-72(91)102)129-136(108,143)115-24-47-41(13-53(121-47)90-19-34(5)66(96)85-71(90)101)128-135(107,142)114-23-46-40(12-52(120-46)89-18-33(4)65(95)84-70(89)100)127-134(106,141)113-22-45-39(11-51(119-45)88-17-32(3)64(94)83-69(88)99)126-133(105,140)112-21-44-38(124-131(103,138)110-7)10-50(118-44)87-16-31(2)59(73)82-68(87)98/h16-20,27-30,36-56H,8-15,21-26H2,1-7H3,(H,103,138)(H,104,139)(H,105,140)(H,106,141)(H,107,142)(H,108,143)(H,109,144)(H2,73,82,98)(H2,74,76,78)(H2,75,77,79)(H,83,94,99)(H,84,95,100)(H,85,96,101)(H,86,97,102)/t36-,37?,38?,39?,40?,41?,42?,43?,44-,45-,46-,47-,48-,49-,50-,51-,52-,53-,54-,55-,56-,131?,132?,133?,134?,135?,136?,137?/m1/s1. The van der Waals surface area contributed by atoms with E-state index in [9.17, 15) is 77.4 Å². The van der Waals surface area contributed by atoms with Crippen molar-refractivity contribution in [2.75, 3.05) is 64.0 Å². The van der Waals surface area contributed by atoms with Crippen LogP contribution in [0.2, 0.25) is 0 Å². The molecule has 9 aromatic rings. The maximum atomic E-state index is 13.6. The Bertz CT molecular complexity index is 7320. The molecule has 14 unspecified atom stereocenters. The molecule has 7 aliphatic heterocycles. The van der Waals surface area contributed by atoms with E-state index in [1.54, 1.807) is 11.5 Å². The predicted molar refractivity (Wildman–Crippen MR) is 524 cm³/mol. The summed E-state index contributed by atoms with van der Waals surface area (Å²) in [5, 5.41) is 0. The second-order valence-corrected chi connectivity index (χ2v) is 53.4. The molecule has 9 aromatic heterocycles. The lowest BCUT2D eigenvalue weighted by atomic mass is 10.1. The Kier molecular flexibility index (Phi) is 34.0. The highest BCUT2D eigenvalue weighted by Gasteiger charge is 2.52. The zero-order chi connectivity index (χ0) is 104. The third-order valence-electron chi connectivity index (χ3n) is 23.9. The van der Waals surface area contributed by atoms with Crippen molar-refractivity contribution in [3.8, 4) is 0 Å². The molecule has 0 radical (unpaired) electrons. The number of ether oxygens (including phenoxy) is 7. The Hall–Kier alpha value is -6.47. The second kappa shape index (κ2) is 44.4. The minimum absolute atomic E-state index is 0.0232. The Morgan fingerprint density at radius 1 is 0.333 bits per heavy atom. The highest BCUT2D eigenvalue weighted by molar-refractivity contribution is 8.09. The van der Waals surface area contributed by atoms with Gasteiger partial charge >= 0.3 is 75.5 Å². The third kappa shape index (κ3) is 25.9. The van der Waals surface area contributed by atoms with Crippen molar-refractivity contribution < 1.29 is 131 Å².